The molecule has 3 aromatic carbocycles. The van der Waals surface area contributed by atoms with Crippen molar-refractivity contribution >= 4 is 43.9 Å². The van der Waals surface area contributed by atoms with Crippen molar-refractivity contribution in [2.45, 2.75) is 13.8 Å². The fraction of sp³-hybridized carbons (Fsp3) is 0.0556. The minimum atomic E-state index is 0.569. The molecule has 0 fully saturated rings. The standard InChI is InChI=1S/C36H24N6/c1-22-17-24(18-23(2)40-22)25-19-33(41-29-11-5-3-9-26(29)35-31(41)13-7-15-38-35)28(21-37)34(20-25)42-30-12-6-4-10-27(30)36-32(42)14-8-16-39-36/h3-20H,1-2H3. The minimum absolute atomic E-state index is 0.569. The fourth-order valence-electron chi connectivity index (χ4n) is 6.33. The summed E-state index contributed by atoms with van der Waals surface area (Å²) in [6.45, 7) is 4.03. The number of nitrogens with zero attached hydrogens (tertiary/aromatic N) is 6. The zero-order chi connectivity index (χ0) is 28.4. The molecule has 6 nitrogen and oxygen atoms in total. The molecule has 0 bridgehead atoms. The Bertz CT molecular complexity index is 2140. The minimum Gasteiger partial charge on any atom is -0.306 e. The molecule has 0 aliphatic rings. The van der Waals surface area contributed by atoms with E-state index < -0.39 is 0 Å². The van der Waals surface area contributed by atoms with Crippen LogP contribution in [-0.4, -0.2) is 24.1 Å². The Morgan fingerprint density at radius 1 is 0.571 bits per heavy atom. The highest BCUT2D eigenvalue weighted by molar-refractivity contribution is 6.09. The Morgan fingerprint density at radius 3 is 1.52 bits per heavy atom. The highest BCUT2D eigenvalue weighted by Crippen LogP contribution is 2.39. The van der Waals surface area contributed by atoms with Crippen molar-refractivity contribution < 1.29 is 0 Å². The van der Waals surface area contributed by atoms with E-state index in [1.165, 1.54) is 0 Å². The number of pyridine rings is 3. The van der Waals surface area contributed by atoms with Crippen molar-refractivity contribution in [3.05, 3.63) is 126 Å². The van der Waals surface area contributed by atoms with Crippen molar-refractivity contribution in [2.75, 3.05) is 0 Å². The molecule has 8 aromatic rings. The summed E-state index contributed by atoms with van der Waals surface area (Å²) in [7, 11) is 0. The summed E-state index contributed by atoms with van der Waals surface area (Å²) in [6, 6.07) is 35.6. The maximum Gasteiger partial charge on any atom is 0.104 e. The SMILES string of the molecule is Cc1cc(-c2cc(-n3c4ccccc4c4ncccc43)c(C#N)c(-n3c4ccccc4c4ncccc43)c2)cc(C)n1. The van der Waals surface area contributed by atoms with E-state index in [9.17, 15) is 5.26 Å². The number of fused-ring (bicyclic) bond motifs is 6. The monoisotopic (exact) mass is 540 g/mol. The maximum absolute atomic E-state index is 10.9. The van der Waals surface area contributed by atoms with E-state index >= 15 is 0 Å². The Morgan fingerprint density at radius 2 is 1.02 bits per heavy atom. The predicted octanol–water partition coefficient (Wildman–Crippen LogP) is 8.22. The van der Waals surface area contributed by atoms with Crippen molar-refractivity contribution in [2.24, 2.45) is 0 Å². The number of para-hydroxylation sites is 2. The van der Waals surface area contributed by atoms with Crippen LogP contribution >= 0.6 is 0 Å². The van der Waals surface area contributed by atoms with Crippen LogP contribution in [0, 0.1) is 25.2 Å². The average molecular weight is 541 g/mol. The zero-order valence-corrected chi connectivity index (χ0v) is 23.1. The van der Waals surface area contributed by atoms with Crippen LogP contribution in [0.1, 0.15) is 17.0 Å². The van der Waals surface area contributed by atoms with Gasteiger partial charge in [0.05, 0.1) is 44.5 Å². The Hall–Kier alpha value is -5.80. The van der Waals surface area contributed by atoms with E-state index in [-0.39, 0.29) is 0 Å². The second-order valence-corrected chi connectivity index (χ2v) is 10.6. The van der Waals surface area contributed by atoms with Crippen LogP contribution in [0.15, 0.2) is 109 Å². The number of nitriles is 1. The van der Waals surface area contributed by atoms with Gasteiger partial charge in [-0.15, -0.1) is 0 Å². The van der Waals surface area contributed by atoms with Crippen molar-refractivity contribution in [3.63, 3.8) is 0 Å². The molecule has 0 atom stereocenters. The Balaban J connectivity index is 1.58. The third-order valence-corrected chi connectivity index (χ3v) is 7.96. The molecule has 0 aliphatic carbocycles. The number of aromatic nitrogens is 5. The molecule has 6 heteroatoms. The van der Waals surface area contributed by atoms with Crippen LogP contribution in [0.3, 0.4) is 0 Å². The van der Waals surface area contributed by atoms with E-state index in [0.29, 0.717) is 5.56 Å². The van der Waals surface area contributed by atoms with Gasteiger partial charge in [0.2, 0.25) is 0 Å². The van der Waals surface area contributed by atoms with Crippen molar-refractivity contribution in [3.8, 4) is 28.6 Å². The molecular weight excluding hydrogens is 516 g/mol. The van der Waals surface area contributed by atoms with Crippen LogP contribution in [0.4, 0.5) is 0 Å². The number of aryl methyl sites for hydroxylation is 2. The normalized spacial score (nSPS) is 11.5. The highest BCUT2D eigenvalue weighted by Gasteiger charge is 2.22. The first-order valence-electron chi connectivity index (χ1n) is 13.9. The number of rotatable bonds is 3. The van der Waals surface area contributed by atoms with Crippen molar-refractivity contribution in [1.29, 1.82) is 5.26 Å². The molecule has 0 saturated heterocycles. The molecule has 8 rings (SSSR count). The third kappa shape index (κ3) is 3.47. The van der Waals surface area contributed by atoms with Gasteiger partial charge in [-0.25, -0.2) is 0 Å². The lowest BCUT2D eigenvalue weighted by atomic mass is 9.99. The van der Waals surface area contributed by atoms with Crippen LogP contribution in [-0.2, 0) is 0 Å². The Labute approximate surface area is 241 Å². The number of hydrogen-bond acceptors (Lipinski definition) is 4. The van der Waals surface area contributed by atoms with Crippen LogP contribution in [0.5, 0.6) is 0 Å². The van der Waals surface area contributed by atoms with Crippen LogP contribution < -0.4 is 0 Å². The first kappa shape index (κ1) is 24.0. The summed E-state index contributed by atoms with van der Waals surface area (Å²) < 4.78 is 4.35. The second kappa shape index (κ2) is 9.12. The zero-order valence-electron chi connectivity index (χ0n) is 23.1. The van der Waals surface area contributed by atoms with E-state index in [1.54, 1.807) is 0 Å². The summed E-state index contributed by atoms with van der Waals surface area (Å²) in [5.74, 6) is 0. The number of benzene rings is 3. The molecule has 0 radical (unpaired) electrons. The first-order valence-corrected chi connectivity index (χ1v) is 13.9. The molecule has 5 heterocycles. The van der Waals surface area contributed by atoms with Gasteiger partial charge in [-0.2, -0.15) is 5.26 Å². The van der Waals surface area contributed by atoms with Gasteiger partial charge in [-0.05, 0) is 85.6 Å². The molecular formula is C36H24N6. The summed E-state index contributed by atoms with van der Waals surface area (Å²) in [5.41, 5.74) is 11.8. The van der Waals surface area contributed by atoms with E-state index in [2.05, 4.69) is 80.9 Å². The molecule has 198 valence electrons. The Kier molecular flexibility index (Phi) is 5.22. The molecule has 0 N–H and O–H groups in total. The molecule has 5 aromatic heterocycles. The fourth-order valence-corrected chi connectivity index (χ4v) is 6.33. The van der Waals surface area contributed by atoms with E-state index in [1.807, 2.05) is 62.6 Å². The highest BCUT2D eigenvalue weighted by atomic mass is 15.0. The van der Waals surface area contributed by atoms with Gasteiger partial charge in [-0.3, -0.25) is 15.0 Å². The first-order chi connectivity index (χ1) is 20.6. The summed E-state index contributed by atoms with van der Waals surface area (Å²) >= 11 is 0. The molecule has 0 unspecified atom stereocenters. The summed E-state index contributed by atoms with van der Waals surface area (Å²) in [5, 5.41) is 13.0. The smallest absolute Gasteiger partial charge is 0.104 e. The van der Waals surface area contributed by atoms with Crippen molar-refractivity contribution in [1.82, 2.24) is 24.1 Å². The molecule has 0 spiro atoms. The number of hydrogen-bond donors (Lipinski definition) is 0. The average Bonchev–Trinajstić information content (AvgIpc) is 3.53. The van der Waals surface area contributed by atoms with Crippen LogP contribution in [0.25, 0.3) is 66.4 Å². The predicted molar refractivity (Wildman–Crippen MR) is 168 cm³/mol. The van der Waals surface area contributed by atoms with E-state index in [0.717, 1.165) is 77.8 Å². The van der Waals surface area contributed by atoms with E-state index in [4.69, 9.17) is 9.97 Å². The largest absolute Gasteiger partial charge is 0.306 e. The van der Waals surface area contributed by atoms with Gasteiger partial charge in [0, 0.05) is 34.6 Å². The third-order valence-electron chi connectivity index (χ3n) is 7.96. The lowest BCUT2D eigenvalue weighted by molar-refractivity contribution is 1.11. The lowest BCUT2D eigenvalue weighted by Crippen LogP contribution is -2.05. The maximum atomic E-state index is 10.9. The summed E-state index contributed by atoms with van der Waals surface area (Å²) in [6.07, 6.45) is 3.64. The summed E-state index contributed by atoms with van der Waals surface area (Å²) in [4.78, 5) is 14.1. The van der Waals surface area contributed by atoms with Crippen LogP contribution in [0.2, 0.25) is 0 Å². The van der Waals surface area contributed by atoms with Gasteiger partial charge in [0.15, 0.2) is 0 Å². The van der Waals surface area contributed by atoms with Gasteiger partial charge >= 0.3 is 0 Å². The van der Waals surface area contributed by atoms with Gasteiger partial charge in [-0.1, -0.05) is 36.4 Å². The second-order valence-electron chi connectivity index (χ2n) is 10.6. The molecule has 0 saturated carbocycles. The van der Waals surface area contributed by atoms with Gasteiger partial charge in [0.1, 0.15) is 11.6 Å². The quantitative estimate of drug-likeness (QED) is 0.226. The molecule has 0 aliphatic heterocycles. The molecule has 42 heavy (non-hydrogen) atoms. The van der Waals surface area contributed by atoms with Gasteiger partial charge in [0.25, 0.3) is 0 Å². The molecule has 0 amide bonds. The topological polar surface area (TPSA) is 72.3 Å². The lowest BCUT2D eigenvalue weighted by Gasteiger charge is -2.18. The van der Waals surface area contributed by atoms with Gasteiger partial charge < -0.3 is 9.13 Å².